The minimum Gasteiger partial charge on any atom is -0.468 e. The van der Waals surface area contributed by atoms with Gasteiger partial charge in [-0.2, -0.15) is 4.31 Å². The summed E-state index contributed by atoms with van der Waals surface area (Å²) in [5, 5.41) is 0. The minimum absolute atomic E-state index is 0.0175. The Morgan fingerprint density at radius 3 is 2.37 bits per heavy atom. The van der Waals surface area contributed by atoms with Crippen LogP contribution in [0.5, 0.6) is 0 Å². The van der Waals surface area contributed by atoms with Gasteiger partial charge in [0, 0.05) is 13.1 Å². The Morgan fingerprint density at radius 2 is 1.78 bits per heavy atom. The molecule has 0 bridgehead atoms. The number of nitrogens with zero attached hydrogens (tertiary/aromatic N) is 1. The Morgan fingerprint density at radius 1 is 1.15 bits per heavy atom. The molecule has 2 aromatic carbocycles. The van der Waals surface area contributed by atoms with Crippen LogP contribution in [-0.2, 0) is 26.0 Å². The quantitative estimate of drug-likeness (QED) is 0.586. The van der Waals surface area contributed by atoms with Crippen LogP contribution in [0.15, 0.2) is 71.6 Å². The summed E-state index contributed by atoms with van der Waals surface area (Å²) in [6.45, 7) is 6.05. The molecule has 6 heteroatoms. The third kappa shape index (κ3) is 3.55. The Labute approximate surface area is 160 Å². The molecule has 1 aliphatic rings. The van der Waals surface area contributed by atoms with Gasteiger partial charge in [0.25, 0.3) is 0 Å². The van der Waals surface area contributed by atoms with Crippen molar-refractivity contribution in [3.8, 4) is 0 Å². The lowest BCUT2D eigenvalue weighted by Gasteiger charge is -2.27. The SMILES string of the molecule is C=C1CN(S(=O)(=O)c2ccc(C)cc2)C[C@]1(Cc1ccccc1)C(=O)OC. The summed E-state index contributed by atoms with van der Waals surface area (Å²) in [7, 11) is -2.41. The second kappa shape index (κ2) is 7.29. The van der Waals surface area contributed by atoms with Gasteiger partial charge in [-0.1, -0.05) is 54.6 Å². The number of carbonyl (C=O) groups excluding carboxylic acids is 1. The maximum absolute atomic E-state index is 13.1. The normalized spacial score (nSPS) is 20.6. The second-order valence-electron chi connectivity index (χ2n) is 6.93. The topological polar surface area (TPSA) is 63.7 Å². The number of esters is 1. The summed E-state index contributed by atoms with van der Waals surface area (Å²) in [5.74, 6) is -0.460. The van der Waals surface area contributed by atoms with E-state index in [1.54, 1.807) is 24.3 Å². The largest absolute Gasteiger partial charge is 0.468 e. The first-order valence-electron chi connectivity index (χ1n) is 8.67. The highest BCUT2D eigenvalue weighted by Gasteiger charge is 2.51. The molecule has 142 valence electrons. The standard InChI is InChI=1S/C21H23NO4S/c1-16-9-11-19(12-10-16)27(24,25)22-14-17(2)21(15-22,20(23)26-3)13-18-7-5-4-6-8-18/h4-12H,2,13-15H2,1,3H3/t21-/m0/s1. The summed E-state index contributed by atoms with van der Waals surface area (Å²) >= 11 is 0. The molecule has 0 aliphatic carbocycles. The van der Waals surface area contributed by atoms with Crippen LogP contribution >= 0.6 is 0 Å². The highest BCUT2D eigenvalue weighted by atomic mass is 32.2. The van der Waals surface area contributed by atoms with Gasteiger partial charge in [0.05, 0.1) is 12.0 Å². The molecule has 3 rings (SSSR count). The number of methoxy groups -OCH3 is 1. The van der Waals surface area contributed by atoms with E-state index in [2.05, 4.69) is 6.58 Å². The summed E-state index contributed by atoms with van der Waals surface area (Å²) in [6, 6.07) is 16.2. The molecule has 2 aromatic rings. The van der Waals surface area contributed by atoms with Gasteiger partial charge in [-0.05, 0) is 36.6 Å². The van der Waals surface area contributed by atoms with Gasteiger partial charge >= 0.3 is 5.97 Å². The number of rotatable bonds is 5. The predicted molar refractivity (Wildman–Crippen MR) is 104 cm³/mol. The van der Waals surface area contributed by atoms with Crippen molar-refractivity contribution in [3.63, 3.8) is 0 Å². The first-order valence-corrected chi connectivity index (χ1v) is 10.1. The van der Waals surface area contributed by atoms with E-state index in [1.807, 2.05) is 37.3 Å². The van der Waals surface area contributed by atoms with E-state index in [4.69, 9.17) is 4.74 Å². The number of sulfonamides is 1. The van der Waals surface area contributed by atoms with Crippen LogP contribution in [0, 0.1) is 12.3 Å². The van der Waals surface area contributed by atoms with Crippen LogP contribution in [0.1, 0.15) is 11.1 Å². The first-order chi connectivity index (χ1) is 12.8. The zero-order chi connectivity index (χ0) is 19.7. The summed E-state index contributed by atoms with van der Waals surface area (Å²) < 4.78 is 32.5. The van der Waals surface area contributed by atoms with Crippen molar-refractivity contribution in [1.82, 2.24) is 4.31 Å². The van der Waals surface area contributed by atoms with E-state index in [-0.39, 0.29) is 18.0 Å². The summed E-state index contributed by atoms with van der Waals surface area (Å²) in [4.78, 5) is 12.9. The van der Waals surface area contributed by atoms with E-state index < -0.39 is 21.4 Å². The lowest BCUT2D eigenvalue weighted by atomic mass is 9.78. The highest BCUT2D eigenvalue weighted by Crippen LogP contribution is 2.41. The molecular formula is C21H23NO4S. The third-order valence-electron chi connectivity index (χ3n) is 5.07. The van der Waals surface area contributed by atoms with Crippen LogP contribution in [0.2, 0.25) is 0 Å². The summed E-state index contributed by atoms with van der Waals surface area (Å²) in [6.07, 6.45) is 0.346. The van der Waals surface area contributed by atoms with Crippen molar-refractivity contribution in [2.24, 2.45) is 5.41 Å². The third-order valence-corrected chi connectivity index (χ3v) is 6.88. The molecular weight excluding hydrogens is 362 g/mol. The van der Waals surface area contributed by atoms with Crippen molar-refractivity contribution < 1.29 is 17.9 Å². The molecule has 0 radical (unpaired) electrons. The van der Waals surface area contributed by atoms with E-state index in [0.29, 0.717) is 12.0 Å². The van der Waals surface area contributed by atoms with Crippen molar-refractivity contribution in [2.75, 3.05) is 20.2 Å². The smallest absolute Gasteiger partial charge is 0.317 e. The first kappa shape index (κ1) is 19.3. The zero-order valence-corrected chi connectivity index (χ0v) is 16.3. The predicted octanol–water partition coefficient (Wildman–Crippen LogP) is 2.96. The average molecular weight is 385 g/mol. The minimum atomic E-state index is -3.73. The van der Waals surface area contributed by atoms with Gasteiger partial charge in [0.1, 0.15) is 5.41 Å². The molecule has 1 fully saturated rings. The Bertz CT molecular complexity index is 951. The Kier molecular flexibility index (Phi) is 5.22. The summed E-state index contributed by atoms with van der Waals surface area (Å²) in [5.41, 5.74) is 1.37. The molecule has 0 aromatic heterocycles. The lowest BCUT2D eigenvalue weighted by Crippen LogP contribution is -2.40. The van der Waals surface area contributed by atoms with E-state index in [9.17, 15) is 13.2 Å². The number of ether oxygens (including phenoxy) is 1. The Balaban J connectivity index is 1.97. The van der Waals surface area contributed by atoms with Gasteiger partial charge in [-0.25, -0.2) is 8.42 Å². The zero-order valence-electron chi connectivity index (χ0n) is 15.5. The van der Waals surface area contributed by atoms with Gasteiger partial charge < -0.3 is 4.74 Å². The molecule has 0 amide bonds. The second-order valence-corrected chi connectivity index (χ2v) is 8.86. The molecule has 5 nitrogen and oxygen atoms in total. The van der Waals surface area contributed by atoms with Crippen molar-refractivity contribution in [2.45, 2.75) is 18.2 Å². The molecule has 1 heterocycles. The van der Waals surface area contributed by atoms with Crippen LogP contribution in [0.4, 0.5) is 0 Å². The number of hydrogen-bond acceptors (Lipinski definition) is 4. The fourth-order valence-corrected chi connectivity index (χ4v) is 4.96. The van der Waals surface area contributed by atoms with Crippen molar-refractivity contribution in [1.29, 1.82) is 0 Å². The van der Waals surface area contributed by atoms with Crippen LogP contribution in [0.25, 0.3) is 0 Å². The fraction of sp³-hybridized carbons (Fsp3) is 0.286. The molecule has 1 saturated heterocycles. The van der Waals surface area contributed by atoms with Crippen molar-refractivity contribution in [3.05, 3.63) is 77.9 Å². The fourth-order valence-electron chi connectivity index (χ4n) is 3.46. The molecule has 1 atom stereocenters. The number of carbonyl (C=O) groups is 1. The van der Waals surface area contributed by atoms with E-state index in [0.717, 1.165) is 11.1 Å². The molecule has 0 N–H and O–H groups in total. The number of benzene rings is 2. The van der Waals surface area contributed by atoms with E-state index >= 15 is 0 Å². The van der Waals surface area contributed by atoms with Gasteiger partial charge in [-0.3, -0.25) is 4.79 Å². The monoisotopic (exact) mass is 385 g/mol. The number of hydrogen-bond donors (Lipinski definition) is 0. The molecule has 0 unspecified atom stereocenters. The van der Waals surface area contributed by atoms with E-state index in [1.165, 1.54) is 11.4 Å². The average Bonchev–Trinajstić information content (AvgIpc) is 3.00. The Hall–Kier alpha value is -2.44. The maximum atomic E-state index is 13.1. The maximum Gasteiger partial charge on any atom is 0.317 e. The highest BCUT2D eigenvalue weighted by molar-refractivity contribution is 7.89. The molecule has 0 saturated carbocycles. The molecule has 27 heavy (non-hydrogen) atoms. The molecule has 0 spiro atoms. The van der Waals surface area contributed by atoms with Gasteiger partial charge in [-0.15, -0.1) is 0 Å². The van der Waals surface area contributed by atoms with Gasteiger partial charge in [0.2, 0.25) is 10.0 Å². The van der Waals surface area contributed by atoms with Crippen molar-refractivity contribution >= 4 is 16.0 Å². The molecule has 1 aliphatic heterocycles. The number of aryl methyl sites for hydroxylation is 1. The lowest BCUT2D eigenvalue weighted by molar-refractivity contribution is -0.149. The van der Waals surface area contributed by atoms with Crippen LogP contribution in [-0.4, -0.2) is 38.9 Å². The van der Waals surface area contributed by atoms with Gasteiger partial charge in [0.15, 0.2) is 0 Å². The van der Waals surface area contributed by atoms with Crippen LogP contribution < -0.4 is 0 Å². The van der Waals surface area contributed by atoms with Crippen LogP contribution in [0.3, 0.4) is 0 Å².